The summed E-state index contributed by atoms with van der Waals surface area (Å²) in [5, 5.41) is 0. The summed E-state index contributed by atoms with van der Waals surface area (Å²) in [6.45, 7) is 4.98. The van der Waals surface area contributed by atoms with Crippen LogP contribution in [0, 0.1) is 0 Å². The van der Waals surface area contributed by atoms with E-state index >= 15 is 0 Å². The summed E-state index contributed by atoms with van der Waals surface area (Å²) in [7, 11) is -4.02. The van der Waals surface area contributed by atoms with E-state index in [0.29, 0.717) is 12.8 Å². The number of hydrogen-bond acceptors (Lipinski definition) is 3. The first-order valence-corrected chi connectivity index (χ1v) is 6.78. The highest BCUT2D eigenvalue weighted by molar-refractivity contribution is 7.51. The number of ether oxygens (including phenoxy) is 1. The third-order valence-corrected chi connectivity index (χ3v) is 3.31. The van der Waals surface area contributed by atoms with Crippen LogP contribution in [-0.2, 0) is 14.1 Å². The van der Waals surface area contributed by atoms with E-state index in [-0.39, 0.29) is 12.6 Å². The Bertz CT molecular complexity index is 253. The zero-order chi connectivity index (χ0) is 12.1. The van der Waals surface area contributed by atoms with Gasteiger partial charge in [-0.3, -0.25) is 9.36 Å². The lowest BCUT2D eigenvalue weighted by molar-refractivity contribution is -0.158. The average molecular weight is 238 g/mol. The molecule has 0 aromatic rings. The molecule has 0 heterocycles. The first-order chi connectivity index (χ1) is 6.74. The van der Waals surface area contributed by atoms with Gasteiger partial charge >= 0.3 is 13.6 Å². The SMILES string of the molecule is CCC(CC)(CCP(=O)(O)O)OC(C)=O. The molecule has 90 valence electrons. The van der Waals surface area contributed by atoms with Gasteiger partial charge in [-0.15, -0.1) is 0 Å². The Labute approximate surface area is 90.0 Å². The first-order valence-electron chi connectivity index (χ1n) is 4.99. The number of carbonyl (C=O) groups excluding carboxylic acids is 1. The molecular formula is C9H19O5P. The van der Waals surface area contributed by atoms with Gasteiger partial charge in [-0.1, -0.05) is 13.8 Å². The molecule has 0 aliphatic rings. The third kappa shape index (κ3) is 5.92. The van der Waals surface area contributed by atoms with Gasteiger partial charge in [0.05, 0.1) is 6.16 Å². The van der Waals surface area contributed by atoms with Crippen molar-refractivity contribution in [2.24, 2.45) is 0 Å². The van der Waals surface area contributed by atoms with Crippen LogP contribution in [-0.4, -0.2) is 27.5 Å². The number of esters is 1. The Morgan fingerprint density at radius 3 is 2.07 bits per heavy atom. The average Bonchev–Trinajstić information content (AvgIpc) is 2.10. The molecule has 0 aliphatic carbocycles. The maximum atomic E-state index is 10.9. The molecule has 0 spiro atoms. The van der Waals surface area contributed by atoms with E-state index in [1.54, 1.807) is 0 Å². The molecule has 0 saturated heterocycles. The van der Waals surface area contributed by atoms with Crippen molar-refractivity contribution in [2.75, 3.05) is 6.16 Å². The van der Waals surface area contributed by atoms with Crippen molar-refractivity contribution in [2.45, 2.75) is 45.6 Å². The normalized spacial score (nSPS) is 12.6. The minimum absolute atomic E-state index is 0.198. The highest BCUT2D eigenvalue weighted by atomic mass is 31.2. The Kier molecular flexibility index (Phi) is 5.49. The van der Waals surface area contributed by atoms with Crippen molar-refractivity contribution in [1.82, 2.24) is 0 Å². The summed E-state index contributed by atoms with van der Waals surface area (Å²) < 4.78 is 15.9. The van der Waals surface area contributed by atoms with Crippen molar-refractivity contribution in [3.63, 3.8) is 0 Å². The van der Waals surface area contributed by atoms with Crippen LogP contribution in [0.3, 0.4) is 0 Å². The Hall–Kier alpha value is -0.380. The van der Waals surface area contributed by atoms with Gasteiger partial charge in [0, 0.05) is 6.92 Å². The molecule has 0 atom stereocenters. The van der Waals surface area contributed by atoms with Crippen LogP contribution in [0.25, 0.3) is 0 Å². The lowest BCUT2D eigenvalue weighted by Crippen LogP contribution is -2.34. The predicted molar refractivity (Wildman–Crippen MR) is 56.6 cm³/mol. The van der Waals surface area contributed by atoms with Crippen LogP contribution < -0.4 is 0 Å². The summed E-state index contributed by atoms with van der Waals surface area (Å²) in [5.41, 5.74) is -0.729. The Morgan fingerprint density at radius 2 is 1.80 bits per heavy atom. The van der Waals surface area contributed by atoms with E-state index in [1.807, 2.05) is 13.8 Å². The molecule has 0 fully saturated rings. The zero-order valence-corrected chi connectivity index (χ0v) is 10.3. The van der Waals surface area contributed by atoms with Gasteiger partial charge in [-0.05, 0) is 19.3 Å². The second kappa shape index (κ2) is 5.64. The van der Waals surface area contributed by atoms with Crippen LogP contribution in [0.15, 0.2) is 0 Å². The van der Waals surface area contributed by atoms with Gasteiger partial charge < -0.3 is 14.5 Å². The highest BCUT2D eigenvalue weighted by Gasteiger charge is 2.32. The summed E-state index contributed by atoms with van der Waals surface area (Å²) in [6, 6.07) is 0. The topological polar surface area (TPSA) is 83.8 Å². The van der Waals surface area contributed by atoms with E-state index in [4.69, 9.17) is 14.5 Å². The van der Waals surface area contributed by atoms with Crippen LogP contribution in [0.5, 0.6) is 0 Å². The second-order valence-corrected chi connectivity index (χ2v) is 5.40. The molecule has 0 radical (unpaired) electrons. The summed E-state index contributed by atoms with van der Waals surface area (Å²) >= 11 is 0. The molecule has 0 aromatic heterocycles. The van der Waals surface area contributed by atoms with E-state index in [1.165, 1.54) is 6.92 Å². The molecule has 0 saturated carbocycles. The Balaban J connectivity index is 4.50. The smallest absolute Gasteiger partial charge is 0.325 e. The lowest BCUT2D eigenvalue weighted by atomic mass is 9.94. The number of carbonyl (C=O) groups is 1. The Morgan fingerprint density at radius 1 is 1.33 bits per heavy atom. The minimum atomic E-state index is -4.02. The van der Waals surface area contributed by atoms with Crippen molar-refractivity contribution >= 4 is 13.6 Å². The zero-order valence-electron chi connectivity index (χ0n) is 9.39. The molecular weight excluding hydrogens is 219 g/mol. The molecule has 0 aliphatic heterocycles. The molecule has 6 heteroatoms. The maximum Gasteiger partial charge on any atom is 0.325 e. The van der Waals surface area contributed by atoms with Crippen molar-refractivity contribution in [3.8, 4) is 0 Å². The highest BCUT2D eigenvalue weighted by Crippen LogP contribution is 2.39. The van der Waals surface area contributed by atoms with Gasteiger partial charge in [0.15, 0.2) is 0 Å². The van der Waals surface area contributed by atoms with Gasteiger partial charge in [0.1, 0.15) is 5.60 Å². The van der Waals surface area contributed by atoms with E-state index < -0.39 is 19.2 Å². The molecule has 0 aromatic carbocycles. The molecule has 0 bridgehead atoms. The minimum Gasteiger partial charge on any atom is -0.459 e. The van der Waals surface area contributed by atoms with Gasteiger partial charge in [0.2, 0.25) is 0 Å². The fourth-order valence-corrected chi connectivity index (χ4v) is 2.15. The third-order valence-electron chi connectivity index (χ3n) is 2.51. The van der Waals surface area contributed by atoms with Gasteiger partial charge in [0.25, 0.3) is 0 Å². The largest absolute Gasteiger partial charge is 0.459 e. The van der Waals surface area contributed by atoms with Crippen molar-refractivity contribution in [3.05, 3.63) is 0 Å². The maximum absolute atomic E-state index is 10.9. The fraction of sp³-hybridized carbons (Fsp3) is 0.889. The predicted octanol–water partition coefficient (Wildman–Crippen LogP) is 1.68. The molecule has 0 amide bonds. The molecule has 2 N–H and O–H groups in total. The quantitative estimate of drug-likeness (QED) is 0.543. The summed E-state index contributed by atoms with van der Waals surface area (Å²) in [6.07, 6.45) is 1.07. The van der Waals surface area contributed by atoms with E-state index in [0.717, 1.165) is 0 Å². The second-order valence-electron chi connectivity index (χ2n) is 3.62. The molecule has 5 nitrogen and oxygen atoms in total. The van der Waals surface area contributed by atoms with E-state index in [2.05, 4.69) is 0 Å². The monoisotopic (exact) mass is 238 g/mol. The number of rotatable bonds is 6. The summed E-state index contributed by atoms with van der Waals surface area (Å²) in [4.78, 5) is 28.4. The molecule has 15 heavy (non-hydrogen) atoms. The molecule has 0 rings (SSSR count). The van der Waals surface area contributed by atoms with Crippen molar-refractivity contribution < 1.29 is 23.9 Å². The van der Waals surface area contributed by atoms with Gasteiger partial charge in [-0.2, -0.15) is 0 Å². The fourth-order valence-electron chi connectivity index (χ4n) is 1.45. The molecule has 0 unspecified atom stereocenters. The van der Waals surface area contributed by atoms with E-state index in [9.17, 15) is 9.36 Å². The number of hydrogen-bond donors (Lipinski definition) is 2. The van der Waals surface area contributed by atoms with Crippen LogP contribution >= 0.6 is 7.60 Å². The van der Waals surface area contributed by atoms with Gasteiger partial charge in [-0.25, -0.2) is 0 Å². The van der Waals surface area contributed by atoms with Crippen LogP contribution in [0.4, 0.5) is 0 Å². The van der Waals surface area contributed by atoms with Crippen LogP contribution in [0.2, 0.25) is 0 Å². The van der Waals surface area contributed by atoms with Crippen molar-refractivity contribution in [1.29, 1.82) is 0 Å². The van der Waals surface area contributed by atoms with Crippen LogP contribution in [0.1, 0.15) is 40.0 Å². The standard InChI is InChI=1S/C9H19O5P/c1-4-9(5-2,14-8(3)10)6-7-15(11,12)13/h4-7H2,1-3H3,(H2,11,12,13). The first kappa shape index (κ1) is 14.6. The lowest BCUT2D eigenvalue weighted by Gasteiger charge is -2.31. The summed E-state index contributed by atoms with van der Waals surface area (Å²) in [5.74, 6) is -0.413.